The van der Waals surface area contributed by atoms with Gasteiger partial charge in [-0.05, 0) is 31.7 Å². The molecule has 2 amide bonds. The second-order valence-electron chi connectivity index (χ2n) is 5.93. The number of aliphatic hydroxyl groups excluding tert-OH is 1. The highest BCUT2D eigenvalue weighted by molar-refractivity contribution is 5.74. The van der Waals surface area contributed by atoms with Gasteiger partial charge in [0.05, 0.1) is 12.6 Å². The smallest absolute Gasteiger partial charge is 0.391 e. The van der Waals surface area contributed by atoms with Gasteiger partial charge in [0, 0.05) is 26.2 Å². The second kappa shape index (κ2) is 6.83. The summed E-state index contributed by atoms with van der Waals surface area (Å²) in [5.41, 5.74) is 0. The number of nitrogens with one attached hydrogen (secondary N) is 1. The van der Waals surface area contributed by atoms with Gasteiger partial charge < -0.3 is 15.3 Å². The Morgan fingerprint density at radius 3 is 2.67 bits per heavy atom. The predicted octanol–water partition coefficient (Wildman–Crippen LogP) is 1.04. The van der Waals surface area contributed by atoms with Gasteiger partial charge in [-0.2, -0.15) is 13.2 Å². The molecule has 2 heterocycles. The number of urea groups is 1. The summed E-state index contributed by atoms with van der Waals surface area (Å²) in [4.78, 5) is 14.9. The van der Waals surface area contributed by atoms with E-state index in [0.717, 1.165) is 6.42 Å². The van der Waals surface area contributed by atoms with E-state index in [1.165, 1.54) is 4.90 Å². The van der Waals surface area contributed by atoms with Crippen LogP contribution in [0, 0.1) is 5.92 Å². The summed E-state index contributed by atoms with van der Waals surface area (Å²) in [6.07, 6.45) is -2.49. The Labute approximate surface area is 122 Å². The van der Waals surface area contributed by atoms with E-state index in [-0.39, 0.29) is 11.9 Å². The highest BCUT2D eigenvalue weighted by Crippen LogP contribution is 2.22. The fourth-order valence-corrected chi connectivity index (χ4v) is 2.96. The van der Waals surface area contributed by atoms with Crippen LogP contribution < -0.4 is 5.32 Å². The molecule has 2 saturated heterocycles. The van der Waals surface area contributed by atoms with Crippen LogP contribution >= 0.6 is 0 Å². The van der Waals surface area contributed by atoms with E-state index in [2.05, 4.69) is 5.32 Å². The average Bonchev–Trinajstić information content (AvgIpc) is 2.81. The van der Waals surface area contributed by atoms with Gasteiger partial charge in [0.2, 0.25) is 0 Å². The number of nitrogens with zero attached hydrogens (tertiary/aromatic N) is 2. The molecule has 0 radical (unpaired) electrons. The van der Waals surface area contributed by atoms with E-state index in [0.29, 0.717) is 45.6 Å². The van der Waals surface area contributed by atoms with E-state index in [9.17, 15) is 23.1 Å². The zero-order chi connectivity index (χ0) is 15.5. The lowest BCUT2D eigenvalue weighted by atomic mass is 10.1. The molecule has 2 aliphatic rings. The molecule has 0 aliphatic carbocycles. The lowest BCUT2D eigenvalue weighted by molar-refractivity contribution is -0.143. The molecule has 0 aromatic rings. The third-order valence-electron chi connectivity index (χ3n) is 4.00. The maximum atomic E-state index is 12.3. The first-order valence-electron chi connectivity index (χ1n) is 7.33. The molecular formula is C13H22F3N3O2. The standard InChI is InChI=1S/C13H22F3N3O2/c14-13(15,16)9-18-5-3-10(7-18)6-17-12(21)19-4-1-2-11(20)8-19/h10-11,20H,1-9H2,(H,17,21). The predicted molar refractivity (Wildman–Crippen MR) is 70.8 cm³/mol. The Balaban J connectivity index is 1.68. The minimum atomic E-state index is -4.16. The minimum absolute atomic E-state index is 0.0611. The van der Waals surface area contributed by atoms with Crippen LogP contribution in [0.3, 0.4) is 0 Å². The fraction of sp³-hybridized carbons (Fsp3) is 0.923. The molecule has 0 saturated carbocycles. The first-order valence-corrected chi connectivity index (χ1v) is 7.33. The van der Waals surface area contributed by atoms with Crippen LogP contribution in [-0.4, -0.2) is 72.5 Å². The van der Waals surface area contributed by atoms with Gasteiger partial charge in [-0.1, -0.05) is 0 Å². The molecule has 122 valence electrons. The van der Waals surface area contributed by atoms with Gasteiger partial charge >= 0.3 is 12.2 Å². The van der Waals surface area contributed by atoms with E-state index < -0.39 is 18.8 Å². The van der Waals surface area contributed by atoms with Crippen molar-refractivity contribution in [3.63, 3.8) is 0 Å². The SMILES string of the molecule is O=C(NCC1CCN(CC(F)(F)F)C1)N1CCCC(O)C1. The largest absolute Gasteiger partial charge is 0.401 e. The number of aliphatic hydroxyl groups is 1. The number of carbonyl (C=O) groups excluding carboxylic acids is 1. The molecular weight excluding hydrogens is 287 g/mol. The Kier molecular flexibility index (Phi) is 5.32. The van der Waals surface area contributed by atoms with Crippen molar-refractivity contribution in [3.8, 4) is 0 Å². The van der Waals surface area contributed by atoms with E-state index in [4.69, 9.17) is 0 Å². The van der Waals surface area contributed by atoms with Crippen LogP contribution in [0.4, 0.5) is 18.0 Å². The topological polar surface area (TPSA) is 55.8 Å². The molecule has 0 bridgehead atoms. The number of amides is 2. The molecule has 0 aromatic carbocycles. The summed E-state index contributed by atoms with van der Waals surface area (Å²) < 4.78 is 36.9. The molecule has 2 atom stereocenters. The van der Waals surface area contributed by atoms with Crippen molar-refractivity contribution < 1.29 is 23.1 Å². The van der Waals surface area contributed by atoms with Crippen molar-refractivity contribution in [2.24, 2.45) is 5.92 Å². The maximum absolute atomic E-state index is 12.3. The number of piperidine rings is 1. The van der Waals surface area contributed by atoms with Crippen LogP contribution in [0.1, 0.15) is 19.3 Å². The third-order valence-corrected chi connectivity index (χ3v) is 4.00. The minimum Gasteiger partial charge on any atom is -0.391 e. The Bertz CT molecular complexity index is 365. The number of rotatable bonds is 3. The van der Waals surface area contributed by atoms with Crippen LogP contribution in [0.15, 0.2) is 0 Å². The molecule has 8 heteroatoms. The number of carbonyl (C=O) groups is 1. The maximum Gasteiger partial charge on any atom is 0.401 e. The van der Waals surface area contributed by atoms with Crippen LogP contribution in [-0.2, 0) is 0 Å². The van der Waals surface area contributed by atoms with Gasteiger partial charge in [0.1, 0.15) is 0 Å². The lowest BCUT2D eigenvalue weighted by Crippen LogP contribution is -2.48. The Hall–Kier alpha value is -1.02. The Morgan fingerprint density at radius 1 is 1.24 bits per heavy atom. The van der Waals surface area contributed by atoms with Crippen molar-refractivity contribution in [1.82, 2.24) is 15.1 Å². The number of likely N-dealkylation sites (tertiary alicyclic amines) is 2. The monoisotopic (exact) mass is 309 g/mol. The molecule has 2 unspecified atom stereocenters. The lowest BCUT2D eigenvalue weighted by Gasteiger charge is -2.30. The second-order valence-corrected chi connectivity index (χ2v) is 5.93. The molecule has 2 rings (SSSR count). The molecule has 2 aliphatic heterocycles. The first-order chi connectivity index (χ1) is 9.83. The van der Waals surface area contributed by atoms with Crippen molar-refractivity contribution in [1.29, 1.82) is 0 Å². The normalized spacial score (nSPS) is 27.9. The van der Waals surface area contributed by atoms with Crippen molar-refractivity contribution in [2.75, 3.05) is 39.3 Å². The number of hydrogen-bond acceptors (Lipinski definition) is 3. The zero-order valence-electron chi connectivity index (χ0n) is 11.9. The summed E-state index contributed by atoms with van der Waals surface area (Å²) in [6, 6.07) is -0.233. The summed E-state index contributed by atoms with van der Waals surface area (Å²) in [5, 5.41) is 12.3. The molecule has 21 heavy (non-hydrogen) atoms. The van der Waals surface area contributed by atoms with Crippen LogP contribution in [0.2, 0.25) is 0 Å². The Morgan fingerprint density at radius 2 is 2.00 bits per heavy atom. The summed E-state index contributed by atoms with van der Waals surface area (Å²) in [5.74, 6) is 0.0611. The number of β-amino-alcohol motifs (C(OH)–C–C–N with tert-alkyl or cyclic N) is 1. The van der Waals surface area contributed by atoms with E-state index >= 15 is 0 Å². The first kappa shape index (κ1) is 16.4. The van der Waals surface area contributed by atoms with Gasteiger partial charge in [0.15, 0.2) is 0 Å². The van der Waals surface area contributed by atoms with Gasteiger partial charge in [0.25, 0.3) is 0 Å². The van der Waals surface area contributed by atoms with Crippen molar-refractivity contribution in [2.45, 2.75) is 31.5 Å². The summed E-state index contributed by atoms with van der Waals surface area (Å²) in [6.45, 7) is 1.24. The molecule has 0 spiro atoms. The molecule has 2 N–H and O–H groups in total. The highest BCUT2D eigenvalue weighted by atomic mass is 19.4. The molecule has 5 nitrogen and oxygen atoms in total. The molecule has 2 fully saturated rings. The van der Waals surface area contributed by atoms with Gasteiger partial charge in [-0.15, -0.1) is 0 Å². The van der Waals surface area contributed by atoms with E-state index in [1.807, 2.05) is 0 Å². The summed E-state index contributed by atoms with van der Waals surface area (Å²) in [7, 11) is 0. The number of alkyl halides is 3. The summed E-state index contributed by atoms with van der Waals surface area (Å²) >= 11 is 0. The number of halogens is 3. The number of hydrogen-bond donors (Lipinski definition) is 2. The van der Waals surface area contributed by atoms with Gasteiger partial charge in [-0.3, -0.25) is 4.90 Å². The third kappa shape index (κ3) is 5.35. The highest BCUT2D eigenvalue weighted by Gasteiger charge is 2.34. The fourth-order valence-electron chi connectivity index (χ4n) is 2.96. The van der Waals surface area contributed by atoms with Crippen molar-refractivity contribution >= 4 is 6.03 Å². The van der Waals surface area contributed by atoms with Crippen LogP contribution in [0.25, 0.3) is 0 Å². The molecule has 0 aromatic heterocycles. The zero-order valence-corrected chi connectivity index (χ0v) is 11.9. The average molecular weight is 309 g/mol. The van der Waals surface area contributed by atoms with E-state index in [1.54, 1.807) is 4.90 Å². The quantitative estimate of drug-likeness (QED) is 0.819. The van der Waals surface area contributed by atoms with Gasteiger partial charge in [-0.25, -0.2) is 4.79 Å². The van der Waals surface area contributed by atoms with Crippen LogP contribution in [0.5, 0.6) is 0 Å². The van der Waals surface area contributed by atoms with Crippen molar-refractivity contribution in [3.05, 3.63) is 0 Å².